The number of hydrogen-bond acceptors (Lipinski definition) is 7. The molecule has 5 aromatic heterocycles. The van der Waals surface area contributed by atoms with Crippen molar-refractivity contribution in [2.45, 2.75) is 0 Å². The fourth-order valence-electron chi connectivity index (χ4n) is 11.1. The Hall–Kier alpha value is -11.3. The molecule has 15 aromatic rings. The first kappa shape index (κ1) is 55.6. The molecule has 0 bridgehead atoms. The van der Waals surface area contributed by atoms with Gasteiger partial charge in [0.25, 0.3) is 0 Å². The minimum Gasteiger partial charge on any atom is -0.292 e. The van der Waals surface area contributed by atoms with Gasteiger partial charge in [0.15, 0.2) is 11.6 Å². The average Bonchev–Trinajstić information content (AvgIpc) is 3.86. The van der Waals surface area contributed by atoms with E-state index in [1.54, 1.807) is 28.7 Å². The summed E-state index contributed by atoms with van der Waals surface area (Å²) in [5.74, 6) is 2.33. The first-order valence-electron chi connectivity index (χ1n) is 29.4. The molecule has 10 aromatic carbocycles. The molecule has 422 valence electrons. The molecule has 6 nitrogen and oxygen atoms in total. The summed E-state index contributed by atoms with van der Waals surface area (Å²) >= 11 is 3.31. The molecule has 0 N–H and O–H groups in total. The minimum atomic E-state index is 0.729. The topological polar surface area (TPSA) is 69.4 Å². The normalized spacial score (nSPS) is 11.0. The van der Waals surface area contributed by atoms with E-state index in [1.807, 2.05) is 48.5 Å². The molecule has 0 unspecified atom stereocenters. The molecule has 0 aliphatic heterocycles. The van der Waals surface area contributed by atoms with Crippen molar-refractivity contribution in [3.05, 3.63) is 326 Å². The molecule has 0 fully saturated rings. The monoisotopic (exact) mass is 1180 g/mol. The number of thiophene rings is 2. The summed E-state index contributed by atoms with van der Waals surface area (Å²) < 4.78 is 2.13. The summed E-state index contributed by atoms with van der Waals surface area (Å²) in [5.41, 5.74) is 21.0. The lowest BCUT2D eigenvalue weighted by Gasteiger charge is -2.12. The van der Waals surface area contributed by atoms with Crippen LogP contribution in [0.5, 0.6) is 0 Å². The molecular weight excluding hydrogens is 1120 g/mol. The second-order valence-corrected chi connectivity index (χ2v) is 23.2. The highest BCUT2D eigenvalue weighted by Gasteiger charge is 2.18. The van der Waals surface area contributed by atoms with Crippen LogP contribution < -0.4 is 0 Å². The lowest BCUT2D eigenvalue weighted by Crippen LogP contribution is -1.99. The third kappa shape index (κ3) is 12.0. The van der Waals surface area contributed by atoms with Crippen molar-refractivity contribution in [3.8, 4) is 128 Å². The van der Waals surface area contributed by atoms with E-state index in [0.29, 0.717) is 0 Å². The van der Waals surface area contributed by atoms with Crippen LogP contribution in [0, 0.1) is 0 Å². The van der Waals surface area contributed by atoms with E-state index in [1.165, 1.54) is 44.2 Å². The van der Waals surface area contributed by atoms with Gasteiger partial charge in [-0.2, -0.15) is 0 Å². The molecule has 0 saturated heterocycles. The molecule has 0 atom stereocenters. The quantitative estimate of drug-likeness (QED) is 0.109. The molecule has 5 heterocycles. The fourth-order valence-corrected chi connectivity index (χ4v) is 12.4. The number of fused-ring (bicyclic) bond motifs is 1. The summed E-state index contributed by atoms with van der Waals surface area (Å²) in [7, 11) is 0. The minimum absolute atomic E-state index is 0.729. The van der Waals surface area contributed by atoms with Gasteiger partial charge in [0, 0.05) is 33.5 Å². The lowest BCUT2D eigenvalue weighted by molar-refractivity contribution is 1.05. The van der Waals surface area contributed by atoms with Crippen molar-refractivity contribution in [2.24, 2.45) is 0 Å². The predicted molar refractivity (Wildman–Crippen MR) is 374 cm³/mol. The molecule has 15 rings (SSSR count). The predicted octanol–water partition coefficient (Wildman–Crippen LogP) is 22.0. The van der Waals surface area contributed by atoms with Crippen LogP contribution in [0.1, 0.15) is 11.4 Å². The standard InChI is InChI=1S/C45H32N4S.C36H24N2S/c1-3-39-42(4-2)49(38-14-9-6-10-15-38)45(48-39)37-27-21-34(22-28-37)33-19-25-36(26-20-33)41-30-40(46-44(47-41)43-16-11-29-50-43)35-23-17-32(18-24-35)31-12-7-5-8-13-31;1-2-7-25(8-3-1)27-12-17-29(18-13-27)33-24-34(38-36(37-33)35-11-6-22-39-35)30-19-14-28(15-20-30)32-21-16-26-9-4-5-10-31(26)23-32/h3-30H,1-2H2;1-24H. The zero-order valence-electron chi connectivity index (χ0n) is 48.4. The number of imidazole rings is 1. The Balaban J connectivity index is 0.000000161. The van der Waals surface area contributed by atoms with Crippen molar-refractivity contribution in [2.75, 3.05) is 0 Å². The summed E-state index contributed by atoms with van der Waals surface area (Å²) in [6.45, 7) is 8.03. The fraction of sp³-hybridized carbons (Fsp3) is 0. The van der Waals surface area contributed by atoms with Gasteiger partial charge in [-0.05, 0) is 121 Å². The summed E-state index contributed by atoms with van der Waals surface area (Å²) in [6, 6.07) is 102. The number of hydrogen-bond donors (Lipinski definition) is 0. The SMILES string of the molecule is C=Cc1nc(-c2ccc(-c3ccc(-c4cc(-c5ccc(-c6ccccc6)cc5)nc(-c5cccs5)n4)cc3)cc2)n(-c2ccccc2)c1C=C.c1ccc(-c2ccc(-c3cc(-c4ccc(-c5ccc6ccccc6c5)cc4)nc(-c4cccs4)n3)cc2)cc1. The van der Waals surface area contributed by atoms with Crippen LogP contribution in [0.4, 0.5) is 0 Å². The van der Waals surface area contributed by atoms with Crippen LogP contribution in [0.25, 0.3) is 151 Å². The first-order chi connectivity index (χ1) is 44.0. The summed E-state index contributed by atoms with van der Waals surface area (Å²) in [4.78, 5) is 27.0. The maximum Gasteiger partial charge on any atom is 0.170 e. The Morgan fingerprint density at radius 2 is 0.629 bits per heavy atom. The smallest absolute Gasteiger partial charge is 0.170 e. The van der Waals surface area contributed by atoms with Crippen LogP contribution in [0.3, 0.4) is 0 Å². The zero-order chi connectivity index (χ0) is 59.9. The molecule has 0 spiro atoms. The van der Waals surface area contributed by atoms with Gasteiger partial charge in [-0.3, -0.25) is 4.57 Å². The van der Waals surface area contributed by atoms with Crippen molar-refractivity contribution < 1.29 is 0 Å². The van der Waals surface area contributed by atoms with E-state index in [4.69, 9.17) is 24.9 Å². The Bertz CT molecular complexity index is 4910. The van der Waals surface area contributed by atoms with E-state index in [0.717, 1.165) is 106 Å². The van der Waals surface area contributed by atoms with Gasteiger partial charge in [-0.1, -0.05) is 262 Å². The summed E-state index contributed by atoms with van der Waals surface area (Å²) in [5, 5.41) is 6.63. The van der Waals surface area contributed by atoms with Crippen molar-refractivity contribution in [1.29, 1.82) is 0 Å². The van der Waals surface area contributed by atoms with Gasteiger partial charge >= 0.3 is 0 Å². The summed E-state index contributed by atoms with van der Waals surface area (Å²) in [6.07, 6.45) is 3.61. The Kier molecular flexibility index (Phi) is 15.8. The third-order valence-electron chi connectivity index (χ3n) is 15.8. The van der Waals surface area contributed by atoms with Gasteiger partial charge in [0.05, 0.1) is 43.9 Å². The zero-order valence-corrected chi connectivity index (χ0v) is 50.1. The molecule has 0 amide bonds. The van der Waals surface area contributed by atoms with Gasteiger partial charge < -0.3 is 0 Å². The highest BCUT2D eigenvalue weighted by molar-refractivity contribution is 7.13. The number of benzene rings is 10. The van der Waals surface area contributed by atoms with Crippen molar-refractivity contribution >= 4 is 45.6 Å². The molecule has 8 heteroatoms. The second-order valence-electron chi connectivity index (χ2n) is 21.3. The highest BCUT2D eigenvalue weighted by atomic mass is 32.1. The van der Waals surface area contributed by atoms with Gasteiger partial charge in [0.2, 0.25) is 0 Å². The first-order valence-corrected chi connectivity index (χ1v) is 31.2. The van der Waals surface area contributed by atoms with Crippen molar-refractivity contribution in [3.63, 3.8) is 0 Å². The Labute approximate surface area is 526 Å². The van der Waals surface area contributed by atoms with E-state index in [9.17, 15) is 0 Å². The number of para-hydroxylation sites is 1. The van der Waals surface area contributed by atoms with Crippen LogP contribution in [0.2, 0.25) is 0 Å². The molecule has 89 heavy (non-hydrogen) atoms. The maximum atomic E-state index is 5.02. The largest absolute Gasteiger partial charge is 0.292 e. The number of aromatic nitrogens is 6. The van der Waals surface area contributed by atoms with Crippen LogP contribution >= 0.6 is 22.7 Å². The van der Waals surface area contributed by atoms with Gasteiger partial charge in [-0.15, -0.1) is 22.7 Å². The van der Waals surface area contributed by atoms with Gasteiger partial charge in [0.1, 0.15) is 5.82 Å². The van der Waals surface area contributed by atoms with E-state index in [2.05, 4.69) is 277 Å². The van der Waals surface area contributed by atoms with Crippen LogP contribution in [-0.4, -0.2) is 29.5 Å². The molecule has 0 aliphatic rings. The highest BCUT2D eigenvalue weighted by Crippen LogP contribution is 2.36. The lowest BCUT2D eigenvalue weighted by atomic mass is 9.99. The molecule has 0 radical (unpaired) electrons. The van der Waals surface area contributed by atoms with Crippen LogP contribution in [-0.2, 0) is 0 Å². The Morgan fingerprint density at radius 3 is 1.02 bits per heavy atom. The van der Waals surface area contributed by atoms with Gasteiger partial charge in [-0.25, -0.2) is 24.9 Å². The number of nitrogens with zero attached hydrogens (tertiary/aromatic N) is 6. The van der Waals surface area contributed by atoms with Crippen LogP contribution in [0.15, 0.2) is 315 Å². The molecule has 0 aliphatic carbocycles. The Morgan fingerprint density at radius 1 is 0.281 bits per heavy atom. The van der Waals surface area contributed by atoms with E-state index in [-0.39, 0.29) is 0 Å². The van der Waals surface area contributed by atoms with E-state index >= 15 is 0 Å². The molecular formula is C81H56N6S2. The maximum absolute atomic E-state index is 5.02. The average molecular weight is 1180 g/mol. The second kappa shape index (κ2) is 25.3. The van der Waals surface area contributed by atoms with E-state index < -0.39 is 0 Å². The third-order valence-corrected chi connectivity index (χ3v) is 17.5. The molecule has 0 saturated carbocycles. The van der Waals surface area contributed by atoms with Crippen molar-refractivity contribution in [1.82, 2.24) is 29.5 Å². The number of rotatable bonds is 14.